The van der Waals surface area contributed by atoms with Crippen LogP contribution in [-0.4, -0.2) is 59.2 Å². The predicted molar refractivity (Wildman–Crippen MR) is 128 cm³/mol. The molecule has 1 aliphatic rings. The normalized spacial score (nSPS) is 14.6. The van der Waals surface area contributed by atoms with Crippen molar-refractivity contribution in [1.29, 1.82) is 0 Å². The number of para-hydroxylation sites is 1. The van der Waals surface area contributed by atoms with Crippen LogP contribution in [0.2, 0.25) is 0 Å². The Balaban J connectivity index is 1.20. The molecule has 0 aliphatic carbocycles. The van der Waals surface area contributed by atoms with Gasteiger partial charge in [0.2, 0.25) is 5.95 Å². The summed E-state index contributed by atoms with van der Waals surface area (Å²) in [4.78, 5) is 17.9. The lowest BCUT2D eigenvalue weighted by atomic mass is 10.1. The number of hydrogen-bond donors (Lipinski definition) is 1. The molecule has 0 unspecified atom stereocenters. The van der Waals surface area contributed by atoms with Crippen LogP contribution in [0.3, 0.4) is 0 Å². The zero-order valence-electron chi connectivity index (χ0n) is 18.9. The molecular weight excluding hydrogens is 435 g/mol. The Morgan fingerprint density at radius 3 is 2.44 bits per heavy atom. The molecule has 0 saturated carbocycles. The molecule has 0 atom stereocenters. The number of fused-ring (bicyclic) bond motifs is 1. The second-order valence-corrected chi connectivity index (χ2v) is 8.28. The highest BCUT2D eigenvalue weighted by molar-refractivity contribution is 5.83. The summed E-state index contributed by atoms with van der Waals surface area (Å²) in [7, 11) is 0. The average Bonchev–Trinajstić information content (AvgIpc) is 3.27. The highest BCUT2D eigenvalue weighted by Gasteiger charge is 2.23. The van der Waals surface area contributed by atoms with Gasteiger partial charge in [0.15, 0.2) is 17.2 Å². The highest BCUT2D eigenvalue weighted by Crippen LogP contribution is 2.26. The second kappa shape index (κ2) is 10.0. The van der Waals surface area contributed by atoms with Gasteiger partial charge in [0.05, 0.1) is 0 Å². The van der Waals surface area contributed by atoms with Crippen LogP contribution < -0.4 is 15.4 Å². The Morgan fingerprint density at radius 1 is 0.912 bits per heavy atom. The lowest BCUT2D eigenvalue weighted by Crippen LogP contribution is -2.47. The van der Waals surface area contributed by atoms with Crippen LogP contribution in [0.25, 0.3) is 11.2 Å². The molecule has 3 heterocycles. The number of aryl methyl sites for hydroxylation is 2. The third kappa shape index (κ3) is 5.26. The van der Waals surface area contributed by atoms with E-state index in [0.29, 0.717) is 42.4 Å². The fourth-order valence-corrected chi connectivity index (χ4v) is 4.09. The zero-order chi connectivity index (χ0) is 23.3. The molecule has 34 heavy (non-hydrogen) atoms. The van der Waals surface area contributed by atoms with Crippen molar-refractivity contribution in [3.8, 4) is 5.75 Å². The number of nitrogens with two attached hydrogens (primary N) is 1. The Bertz CT molecular complexity index is 1220. The first-order chi connectivity index (χ1) is 16.6. The van der Waals surface area contributed by atoms with Crippen molar-refractivity contribution < 1.29 is 13.5 Å². The van der Waals surface area contributed by atoms with Gasteiger partial charge in [0.25, 0.3) is 5.71 Å². The maximum Gasteiger partial charge on any atom is 0.254 e. The third-order valence-corrected chi connectivity index (χ3v) is 5.93. The average molecular weight is 463 g/mol. The number of anilines is 2. The van der Waals surface area contributed by atoms with Gasteiger partial charge in [-0.25, -0.2) is 9.37 Å². The van der Waals surface area contributed by atoms with Gasteiger partial charge >= 0.3 is 0 Å². The number of piperazine rings is 1. The van der Waals surface area contributed by atoms with E-state index < -0.39 is 0 Å². The number of halogens is 1. The minimum Gasteiger partial charge on any atom is -0.492 e. The smallest absolute Gasteiger partial charge is 0.254 e. The number of benzene rings is 2. The van der Waals surface area contributed by atoms with Crippen molar-refractivity contribution in [3.63, 3.8) is 0 Å². The fraction of sp³-hybridized carbons (Fsp3) is 0.320. The summed E-state index contributed by atoms with van der Waals surface area (Å²) < 4.78 is 24.8. The van der Waals surface area contributed by atoms with Gasteiger partial charge in [0.1, 0.15) is 18.2 Å². The van der Waals surface area contributed by atoms with E-state index in [2.05, 4.69) is 24.8 Å². The van der Waals surface area contributed by atoms with Crippen LogP contribution in [-0.2, 0) is 12.8 Å². The molecule has 1 aliphatic heterocycles. The number of rotatable bonds is 8. The summed E-state index contributed by atoms with van der Waals surface area (Å²) in [5.74, 6) is 2.09. The van der Waals surface area contributed by atoms with E-state index in [1.165, 1.54) is 12.1 Å². The molecule has 2 aromatic carbocycles. The van der Waals surface area contributed by atoms with Gasteiger partial charge in [-0.3, -0.25) is 4.90 Å². The molecule has 5 rings (SSSR count). The summed E-state index contributed by atoms with van der Waals surface area (Å²) >= 11 is 0. The Hall–Kier alpha value is -3.72. The molecule has 1 saturated heterocycles. The fourth-order valence-electron chi connectivity index (χ4n) is 4.09. The van der Waals surface area contributed by atoms with Crippen LogP contribution in [0.15, 0.2) is 59.0 Å². The minimum atomic E-state index is -0.246. The number of oxazole rings is 1. The molecule has 0 bridgehead atoms. The topological polar surface area (TPSA) is 93.5 Å². The molecular formula is C25H27FN6O2. The molecule has 0 radical (unpaired) electrons. The van der Waals surface area contributed by atoms with E-state index in [-0.39, 0.29) is 11.8 Å². The maximum absolute atomic E-state index is 13.1. The number of hydrogen-bond acceptors (Lipinski definition) is 8. The highest BCUT2D eigenvalue weighted by atomic mass is 19.1. The van der Waals surface area contributed by atoms with Crippen LogP contribution in [0.5, 0.6) is 5.75 Å². The van der Waals surface area contributed by atoms with Crippen LogP contribution in [0.1, 0.15) is 11.5 Å². The standard InChI is InChI=1S/C25H27FN6O2/c26-19-9-6-18(7-10-19)8-11-21-28-22-23(29-25(27)30-24(22)34-21)32-14-12-31(13-15-32)16-17-33-20-4-2-1-3-5-20/h1-7,9-10H,8,11-17H2,(H2,27,29,30). The Kier molecular flexibility index (Phi) is 6.53. The molecule has 0 amide bonds. The lowest BCUT2D eigenvalue weighted by Gasteiger charge is -2.35. The van der Waals surface area contributed by atoms with E-state index in [1.807, 2.05) is 30.3 Å². The monoisotopic (exact) mass is 462 g/mol. The second-order valence-electron chi connectivity index (χ2n) is 8.28. The van der Waals surface area contributed by atoms with E-state index in [0.717, 1.165) is 44.0 Å². The van der Waals surface area contributed by atoms with Gasteiger partial charge in [-0.15, -0.1) is 0 Å². The van der Waals surface area contributed by atoms with Gasteiger partial charge < -0.3 is 19.8 Å². The van der Waals surface area contributed by atoms with E-state index in [4.69, 9.17) is 14.9 Å². The minimum absolute atomic E-state index is 0.169. The SMILES string of the molecule is Nc1nc(N2CCN(CCOc3ccccc3)CC2)c2nc(CCc3ccc(F)cc3)oc2n1. The van der Waals surface area contributed by atoms with E-state index >= 15 is 0 Å². The Morgan fingerprint density at radius 2 is 1.68 bits per heavy atom. The summed E-state index contributed by atoms with van der Waals surface area (Å²) in [6.07, 6.45) is 1.27. The lowest BCUT2D eigenvalue weighted by molar-refractivity contribution is 0.200. The van der Waals surface area contributed by atoms with Crippen molar-refractivity contribution in [2.45, 2.75) is 12.8 Å². The van der Waals surface area contributed by atoms with Crippen LogP contribution in [0, 0.1) is 5.82 Å². The predicted octanol–water partition coefficient (Wildman–Crippen LogP) is 3.33. The van der Waals surface area contributed by atoms with Gasteiger partial charge in [0, 0.05) is 39.1 Å². The quantitative estimate of drug-likeness (QED) is 0.426. The molecule has 4 aromatic rings. The summed E-state index contributed by atoms with van der Waals surface area (Å²) in [6.45, 7) is 4.89. The van der Waals surface area contributed by atoms with Gasteiger partial charge in [-0.2, -0.15) is 9.97 Å². The third-order valence-electron chi connectivity index (χ3n) is 5.93. The summed E-state index contributed by atoms with van der Waals surface area (Å²) in [5.41, 5.74) is 8.01. The molecule has 2 aromatic heterocycles. The summed E-state index contributed by atoms with van der Waals surface area (Å²) in [5, 5.41) is 0. The molecule has 8 nitrogen and oxygen atoms in total. The molecule has 2 N–H and O–H groups in total. The van der Waals surface area contributed by atoms with Crippen molar-refractivity contribution in [2.75, 3.05) is 50.0 Å². The number of aromatic nitrogens is 3. The first-order valence-electron chi connectivity index (χ1n) is 11.5. The van der Waals surface area contributed by atoms with Crippen molar-refractivity contribution in [2.24, 2.45) is 0 Å². The van der Waals surface area contributed by atoms with Gasteiger partial charge in [-0.1, -0.05) is 30.3 Å². The van der Waals surface area contributed by atoms with Crippen molar-refractivity contribution >= 4 is 23.0 Å². The zero-order valence-corrected chi connectivity index (χ0v) is 18.9. The van der Waals surface area contributed by atoms with Gasteiger partial charge in [-0.05, 0) is 36.2 Å². The first-order valence-corrected chi connectivity index (χ1v) is 11.5. The van der Waals surface area contributed by atoms with Crippen molar-refractivity contribution in [3.05, 3.63) is 71.9 Å². The number of nitrogen functional groups attached to an aromatic ring is 1. The van der Waals surface area contributed by atoms with Crippen LogP contribution >= 0.6 is 0 Å². The largest absolute Gasteiger partial charge is 0.492 e. The molecule has 1 fully saturated rings. The maximum atomic E-state index is 13.1. The van der Waals surface area contributed by atoms with Crippen molar-refractivity contribution in [1.82, 2.24) is 19.9 Å². The summed E-state index contributed by atoms with van der Waals surface area (Å²) in [6, 6.07) is 16.3. The molecule has 0 spiro atoms. The molecule has 176 valence electrons. The number of ether oxygens (including phenoxy) is 1. The molecule has 9 heteroatoms. The van der Waals surface area contributed by atoms with Crippen LogP contribution in [0.4, 0.5) is 16.2 Å². The first kappa shape index (κ1) is 22.1. The van der Waals surface area contributed by atoms with E-state index in [9.17, 15) is 4.39 Å². The van der Waals surface area contributed by atoms with E-state index in [1.54, 1.807) is 12.1 Å². The Labute approximate surface area is 197 Å². The number of nitrogens with zero attached hydrogens (tertiary/aromatic N) is 5.